The van der Waals surface area contributed by atoms with Crippen LogP contribution in [-0.2, 0) is 6.42 Å². The monoisotopic (exact) mass is 222 g/mol. The number of phenols is 1. The van der Waals surface area contributed by atoms with Gasteiger partial charge >= 0.3 is 0 Å². The molecule has 3 N–H and O–H groups in total. The molecule has 1 aromatic rings. The molecule has 0 fully saturated rings. The zero-order chi connectivity index (χ0) is 11.9. The molecule has 0 bridgehead atoms. The molecular weight excluding hydrogens is 204 g/mol. The minimum atomic E-state index is -0.781. The lowest BCUT2D eigenvalue weighted by molar-refractivity contribution is -0.0139. The maximum atomic E-state index is 10.00. The van der Waals surface area contributed by atoms with Gasteiger partial charge in [0, 0.05) is 0 Å². The van der Waals surface area contributed by atoms with Gasteiger partial charge in [-0.3, -0.25) is 0 Å². The zero-order valence-electron chi connectivity index (χ0n) is 9.64. The predicted octanol–water partition coefficient (Wildman–Crippen LogP) is 1.76. The van der Waals surface area contributed by atoms with Crippen molar-refractivity contribution in [1.29, 1.82) is 0 Å². The van der Waals surface area contributed by atoms with Gasteiger partial charge in [0.2, 0.25) is 0 Å². The second kappa shape index (κ2) is 3.75. The molecule has 16 heavy (non-hydrogen) atoms. The average molecular weight is 222 g/mol. The average Bonchev–Trinajstić information content (AvgIpc) is 2.17. The molecule has 2 rings (SSSR count). The van der Waals surface area contributed by atoms with Crippen LogP contribution in [0.4, 0.5) is 0 Å². The first-order chi connectivity index (χ1) is 7.38. The van der Waals surface area contributed by atoms with Crippen LogP contribution in [0.1, 0.15) is 37.5 Å². The van der Waals surface area contributed by atoms with E-state index in [0.717, 1.165) is 17.5 Å². The van der Waals surface area contributed by atoms with Crippen molar-refractivity contribution >= 4 is 0 Å². The summed E-state index contributed by atoms with van der Waals surface area (Å²) < 4.78 is 0. The minimum Gasteiger partial charge on any atom is -0.508 e. The molecule has 0 radical (unpaired) electrons. The van der Waals surface area contributed by atoms with E-state index in [1.165, 1.54) is 0 Å². The largest absolute Gasteiger partial charge is 0.508 e. The molecule has 3 heteroatoms. The molecule has 0 aromatic heterocycles. The number of hydrogen-bond donors (Lipinski definition) is 3. The first-order valence-corrected chi connectivity index (χ1v) is 5.60. The summed E-state index contributed by atoms with van der Waals surface area (Å²) in [7, 11) is 0. The molecule has 1 aromatic carbocycles. The Morgan fingerprint density at radius 1 is 1.31 bits per heavy atom. The predicted molar refractivity (Wildman–Crippen MR) is 61.2 cm³/mol. The fraction of sp³-hybridized carbons (Fsp3) is 0.538. The van der Waals surface area contributed by atoms with Crippen molar-refractivity contribution in [1.82, 2.24) is 0 Å². The molecule has 0 aliphatic heterocycles. The van der Waals surface area contributed by atoms with Crippen LogP contribution in [0.15, 0.2) is 18.2 Å². The SMILES string of the molecule is CC(C)(O)[C@H]1Cc2ccc(O)cc2[C@@H](O)C1. The topological polar surface area (TPSA) is 60.7 Å². The summed E-state index contributed by atoms with van der Waals surface area (Å²) in [5.74, 6) is 0.235. The first-order valence-electron chi connectivity index (χ1n) is 5.60. The van der Waals surface area contributed by atoms with E-state index in [1.54, 1.807) is 26.0 Å². The zero-order valence-corrected chi connectivity index (χ0v) is 9.64. The van der Waals surface area contributed by atoms with Crippen molar-refractivity contribution < 1.29 is 15.3 Å². The van der Waals surface area contributed by atoms with Crippen LogP contribution in [0.3, 0.4) is 0 Å². The fourth-order valence-corrected chi connectivity index (χ4v) is 2.36. The standard InChI is InChI=1S/C13H18O3/c1-13(2,16)9-5-8-3-4-10(14)7-11(8)12(15)6-9/h3-4,7,9,12,14-16H,5-6H2,1-2H3/t9-,12-/m0/s1. The smallest absolute Gasteiger partial charge is 0.115 e. The summed E-state index contributed by atoms with van der Waals surface area (Å²) in [6.45, 7) is 3.55. The normalized spacial score (nSPS) is 25.2. The van der Waals surface area contributed by atoms with E-state index < -0.39 is 11.7 Å². The fourth-order valence-electron chi connectivity index (χ4n) is 2.36. The number of aliphatic hydroxyl groups excluding tert-OH is 1. The summed E-state index contributed by atoms with van der Waals surface area (Å²) in [6, 6.07) is 5.06. The lowest BCUT2D eigenvalue weighted by Gasteiger charge is -2.36. The summed E-state index contributed by atoms with van der Waals surface area (Å²) in [6.07, 6.45) is 0.697. The van der Waals surface area contributed by atoms with E-state index in [1.807, 2.05) is 6.07 Å². The van der Waals surface area contributed by atoms with Crippen LogP contribution in [-0.4, -0.2) is 20.9 Å². The third-order valence-corrected chi connectivity index (χ3v) is 3.46. The Kier molecular flexibility index (Phi) is 2.68. The number of aliphatic hydroxyl groups is 2. The molecule has 0 saturated carbocycles. The third-order valence-electron chi connectivity index (χ3n) is 3.46. The number of hydrogen-bond acceptors (Lipinski definition) is 3. The van der Waals surface area contributed by atoms with E-state index in [2.05, 4.69) is 0 Å². The molecule has 2 atom stereocenters. The number of phenolic OH excluding ortho intramolecular Hbond substituents is 1. The van der Waals surface area contributed by atoms with Crippen LogP contribution >= 0.6 is 0 Å². The lowest BCUT2D eigenvalue weighted by Crippen LogP contribution is -2.36. The highest BCUT2D eigenvalue weighted by molar-refractivity contribution is 5.38. The maximum absolute atomic E-state index is 10.00. The van der Waals surface area contributed by atoms with E-state index in [0.29, 0.717) is 6.42 Å². The van der Waals surface area contributed by atoms with Gasteiger partial charge in [-0.15, -0.1) is 0 Å². The molecular formula is C13H18O3. The van der Waals surface area contributed by atoms with Crippen molar-refractivity contribution in [3.8, 4) is 5.75 Å². The number of fused-ring (bicyclic) bond motifs is 1. The summed E-state index contributed by atoms with van der Waals surface area (Å²) in [5.41, 5.74) is 1.03. The minimum absolute atomic E-state index is 0.0551. The summed E-state index contributed by atoms with van der Waals surface area (Å²) in [4.78, 5) is 0. The summed E-state index contributed by atoms with van der Waals surface area (Å²) >= 11 is 0. The Morgan fingerprint density at radius 3 is 2.62 bits per heavy atom. The number of rotatable bonds is 1. The first kappa shape index (κ1) is 11.4. The van der Waals surface area contributed by atoms with Gasteiger partial charge in [-0.2, -0.15) is 0 Å². The molecule has 0 spiro atoms. The van der Waals surface area contributed by atoms with Crippen LogP contribution in [0.25, 0.3) is 0 Å². The highest BCUT2D eigenvalue weighted by atomic mass is 16.3. The molecule has 0 unspecified atom stereocenters. The quantitative estimate of drug-likeness (QED) is 0.678. The van der Waals surface area contributed by atoms with Gasteiger partial charge in [-0.25, -0.2) is 0 Å². The van der Waals surface area contributed by atoms with Gasteiger partial charge in [0.25, 0.3) is 0 Å². The molecule has 3 nitrogen and oxygen atoms in total. The van der Waals surface area contributed by atoms with Gasteiger partial charge in [-0.1, -0.05) is 6.07 Å². The highest BCUT2D eigenvalue weighted by Gasteiger charge is 2.34. The summed E-state index contributed by atoms with van der Waals surface area (Å²) in [5, 5.41) is 29.3. The van der Waals surface area contributed by atoms with E-state index in [4.69, 9.17) is 0 Å². The van der Waals surface area contributed by atoms with Crippen molar-refractivity contribution in [2.24, 2.45) is 5.92 Å². The molecule has 0 amide bonds. The van der Waals surface area contributed by atoms with Crippen LogP contribution in [0.5, 0.6) is 5.75 Å². The van der Waals surface area contributed by atoms with Crippen LogP contribution in [0.2, 0.25) is 0 Å². The molecule has 1 aliphatic rings. The van der Waals surface area contributed by atoms with Gasteiger partial charge in [0.05, 0.1) is 11.7 Å². The van der Waals surface area contributed by atoms with Crippen molar-refractivity contribution in [3.05, 3.63) is 29.3 Å². The molecule has 1 aliphatic carbocycles. The molecule has 0 heterocycles. The third kappa shape index (κ3) is 2.06. The van der Waals surface area contributed by atoms with Crippen LogP contribution < -0.4 is 0 Å². The van der Waals surface area contributed by atoms with Crippen molar-refractivity contribution in [3.63, 3.8) is 0 Å². The number of benzene rings is 1. The van der Waals surface area contributed by atoms with Gasteiger partial charge in [0.15, 0.2) is 0 Å². The Hall–Kier alpha value is -1.06. The van der Waals surface area contributed by atoms with E-state index in [9.17, 15) is 15.3 Å². The number of aromatic hydroxyl groups is 1. The lowest BCUT2D eigenvalue weighted by atomic mass is 9.75. The Bertz CT molecular complexity index is 393. The highest BCUT2D eigenvalue weighted by Crippen LogP contribution is 2.39. The molecule has 0 saturated heterocycles. The van der Waals surface area contributed by atoms with Crippen molar-refractivity contribution in [2.75, 3.05) is 0 Å². The molecule has 88 valence electrons. The van der Waals surface area contributed by atoms with Gasteiger partial charge < -0.3 is 15.3 Å². The Morgan fingerprint density at radius 2 is 2.00 bits per heavy atom. The van der Waals surface area contributed by atoms with Crippen LogP contribution in [0, 0.1) is 5.92 Å². The van der Waals surface area contributed by atoms with Gasteiger partial charge in [-0.05, 0) is 55.9 Å². The second-order valence-corrected chi connectivity index (χ2v) is 5.19. The second-order valence-electron chi connectivity index (χ2n) is 5.19. The maximum Gasteiger partial charge on any atom is 0.115 e. The van der Waals surface area contributed by atoms with Gasteiger partial charge in [0.1, 0.15) is 5.75 Å². The Labute approximate surface area is 95.4 Å². The Balaban J connectivity index is 2.34. The van der Waals surface area contributed by atoms with E-state index >= 15 is 0 Å². The van der Waals surface area contributed by atoms with E-state index in [-0.39, 0.29) is 11.7 Å². The van der Waals surface area contributed by atoms with Crippen molar-refractivity contribution in [2.45, 2.75) is 38.4 Å².